The smallest absolute Gasteiger partial charge is 0.0386 e. The summed E-state index contributed by atoms with van der Waals surface area (Å²) in [6.45, 7) is 6.70. The van der Waals surface area contributed by atoms with Crippen molar-refractivity contribution in [2.75, 3.05) is 5.75 Å². The molecule has 0 aromatic heterocycles. The summed E-state index contributed by atoms with van der Waals surface area (Å²) in [5.74, 6) is 1.02. The Labute approximate surface area is 110 Å². The number of hydrogen-bond donors (Lipinski definition) is 1. The second-order valence-corrected chi connectivity index (χ2v) is 6.12. The highest BCUT2D eigenvalue weighted by Gasteiger charge is 2.08. The van der Waals surface area contributed by atoms with Gasteiger partial charge >= 0.3 is 0 Å². The van der Waals surface area contributed by atoms with E-state index in [4.69, 9.17) is 5.73 Å². The van der Waals surface area contributed by atoms with E-state index in [1.54, 1.807) is 0 Å². The third-order valence-corrected chi connectivity index (χ3v) is 4.54. The van der Waals surface area contributed by atoms with E-state index in [1.165, 1.54) is 24.0 Å². The molecule has 0 saturated carbocycles. The molecule has 0 heterocycles. The van der Waals surface area contributed by atoms with Gasteiger partial charge < -0.3 is 5.73 Å². The SMILES string of the molecule is CCCc1ccc(C(N)CSC(C)CC)cc1. The summed E-state index contributed by atoms with van der Waals surface area (Å²) < 4.78 is 0. The van der Waals surface area contributed by atoms with Gasteiger partial charge in [-0.3, -0.25) is 0 Å². The first-order valence-electron chi connectivity index (χ1n) is 6.63. The number of aryl methyl sites for hydroxylation is 1. The van der Waals surface area contributed by atoms with Crippen LogP contribution in [0.15, 0.2) is 24.3 Å². The molecule has 0 aliphatic heterocycles. The van der Waals surface area contributed by atoms with Crippen molar-refractivity contribution in [1.82, 2.24) is 0 Å². The first-order valence-corrected chi connectivity index (χ1v) is 7.68. The molecule has 2 N–H and O–H groups in total. The van der Waals surface area contributed by atoms with Crippen molar-refractivity contribution in [3.05, 3.63) is 35.4 Å². The molecule has 0 bridgehead atoms. The summed E-state index contributed by atoms with van der Waals surface area (Å²) in [5, 5.41) is 0.709. The molecule has 0 radical (unpaired) electrons. The molecular formula is C15H25NS. The first-order chi connectivity index (χ1) is 8.17. The van der Waals surface area contributed by atoms with Crippen molar-refractivity contribution in [1.29, 1.82) is 0 Å². The van der Waals surface area contributed by atoms with Gasteiger partial charge in [0.15, 0.2) is 0 Å². The molecule has 0 saturated heterocycles. The summed E-state index contributed by atoms with van der Waals surface area (Å²) in [6.07, 6.45) is 3.58. The fraction of sp³-hybridized carbons (Fsp3) is 0.600. The topological polar surface area (TPSA) is 26.0 Å². The average Bonchev–Trinajstić information content (AvgIpc) is 2.36. The molecule has 2 unspecified atom stereocenters. The molecule has 1 aromatic rings. The molecule has 2 atom stereocenters. The Morgan fingerprint density at radius 3 is 2.35 bits per heavy atom. The van der Waals surface area contributed by atoms with Crippen LogP contribution in [0.1, 0.15) is 50.8 Å². The molecule has 0 amide bonds. The van der Waals surface area contributed by atoms with Gasteiger partial charge in [0.1, 0.15) is 0 Å². The fourth-order valence-electron chi connectivity index (χ4n) is 1.70. The van der Waals surface area contributed by atoms with Crippen molar-refractivity contribution in [3.8, 4) is 0 Å². The minimum absolute atomic E-state index is 0.171. The van der Waals surface area contributed by atoms with E-state index < -0.39 is 0 Å². The third kappa shape index (κ3) is 5.13. The lowest BCUT2D eigenvalue weighted by Gasteiger charge is -2.15. The Morgan fingerprint density at radius 1 is 1.18 bits per heavy atom. The van der Waals surface area contributed by atoms with Crippen molar-refractivity contribution >= 4 is 11.8 Å². The molecule has 1 aromatic carbocycles. The molecule has 0 aliphatic carbocycles. The Balaban J connectivity index is 2.48. The summed E-state index contributed by atoms with van der Waals surface area (Å²) in [5.41, 5.74) is 8.88. The van der Waals surface area contributed by atoms with Gasteiger partial charge in [-0.15, -0.1) is 0 Å². The lowest BCUT2D eigenvalue weighted by molar-refractivity contribution is 0.818. The van der Waals surface area contributed by atoms with E-state index in [9.17, 15) is 0 Å². The zero-order valence-electron chi connectivity index (χ0n) is 11.3. The number of rotatable bonds is 7. The van der Waals surface area contributed by atoms with Gasteiger partial charge in [0.25, 0.3) is 0 Å². The largest absolute Gasteiger partial charge is 0.323 e. The van der Waals surface area contributed by atoms with Crippen molar-refractivity contribution in [2.45, 2.75) is 51.3 Å². The number of benzene rings is 1. The van der Waals surface area contributed by atoms with Gasteiger partial charge in [0.05, 0.1) is 0 Å². The number of hydrogen-bond acceptors (Lipinski definition) is 2. The number of thioether (sulfide) groups is 1. The highest BCUT2D eigenvalue weighted by Crippen LogP contribution is 2.21. The van der Waals surface area contributed by atoms with E-state index >= 15 is 0 Å². The lowest BCUT2D eigenvalue weighted by atomic mass is 10.0. The van der Waals surface area contributed by atoms with E-state index in [1.807, 2.05) is 11.8 Å². The molecule has 96 valence electrons. The molecule has 0 fully saturated rings. The molecule has 1 nitrogen and oxygen atoms in total. The summed E-state index contributed by atoms with van der Waals surface area (Å²) in [6, 6.07) is 8.98. The second-order valence-electron chi connectivity index (χ2n) is 4.65. The maximum absolute atomic E-state index is 6.20. The standard InChI is InChI=1S/C15H25NS/c1-4-6-13-7-9-14(10-8-13)15(16)11-17-12(3)5-2/h7-10,12,15H,4-6,11,16H2,1-3H3. The molecule has 1 rings (SSSR count). The summed E-state index contributed by atoms with van der Waals surface area (Å²) in [7, 11) is 0. The molecule has 0 spiro atoms. The minimum atomic E-state index is 0.171. The maximum atomic E-state index is 6.20. The predicted molar refractivity (Wildman–Crippen MR) is 79.6 cm³/mol. The monoisotopic (exact) mass is 251 g/mol. The normalized spacial score (nSPS) is 14.6. The van der Waals surface area contributed by atoms with Gasteiger partial charge in [0.2, 0.25) is 0 Å². The third-order valence-electron chi connectivity index (χ3n) is 3.08. The van der Waals surface area contributed by atoms with Crippen LogP contribution in [0.5, 0.6) is 0 Å². The number of nitrogens with two attached hydrogens (primary N) is 1. The van der Waals surface area contributed by atoms with Crippen molar-refractivity contribution in [2.24, 2.45) is 5.73 Å². The van der Waals surface area contributed by atoms with Crippen LogP contribution in [-0.4, -0.2) is 11.0 Å². The van der Waals surface area contributed by atoms with Crippen LogP contribution in [0.3, 0.4) is 0 Å². The van der Waals surface area contributed by atoms with Gasteiger partial charge in [-0.2, -0.15) is 11.8 Å². The molecule has 0 aliphatic rings. The fourth-order valence-corrected chi connectivity index (χ4v) is 2.67. The Kier molecular flexibility index (Phi) is 6.68. The van der Waals surface area contributed by atoms with Crippen molar-refractivity contribution < 1.29 is 0 Å². The maximum Gasteiger partial charge on any atom is 0.0386 e. The average molecular weight is 251 g/mol. The highest BCUT2D eigenvalue weighted by atomic mass is 32.2. The van der Waals surface area contributed by atoms with Crippen LogP contribution in [0.4, 0.5) is 0 Å². The van der Waals surface area contributed by atoms with Gasteiger partial charge in [0, 0.05) is 17.0 Å². The quantitative estimate of drug-likeness (QED) is 0.787. The Hall–Kier alpha value is -0.470. The van der Waals surface area contributed by atoms with Gasteiger partial charge in [-0.25, -0.2) is 0 Å². The first kappa shape index (κ1) is 14.6. The molecular weight excluding hydrogens is 226 g/mol. The minimum Gasteiger partial charge on any atom is -0.323 e. The van der Waals surface area contributed by atoms with Gasteiger partial charge in [-0.05, 0) is 24.0 Å². The van der Waals surface area contributed by atoms with Crippen molar-refractivity contribution in [3.63, 3.8) is 0 Å². The zero-order valence-corrected chi connectivity index (χ0v) is 12.1. The van der Waals surface area contributed by atoms with Crippen LogP contribution in [0, 0.1) is 0 Å². The molecule has 2 heteroatoms. The Bertz CT molecular complexity index is 307. The van der Waals surface area contributed by atoms with Crippen LogP contribution in [0.25, 0.3) is 0 Å². The van der Waals surface area contributed by atoms with Crippen LogP contribution >= 0.6 is 11.8 Å². The van der Waals surface area contributed by atoms with Crippen LogP contribution in [-0.2, 0) is 6.42 Å². The van der Waals surface area contributed by atoms with Crippen LogP contribution in [0.2, 0.25) is 0 Å². The Morgan fingerprint density at radius 2 is 1.82 bits per heavy atom. The molecule has 17 heavy (non-hydrogen) atoms. The summed E-state index contributed by atoms with van der Waals surface area (Å²) >= 11 is 1.97. The zero-order chi connectivity index (χ0) is 12.7. The van der Waals surface area contributed by atoms with E-state index in [2.05, 4.69) is 45.0 Å². The van der Waals surface area contributed by atoms with E-state index in [0.29, 0.717) is 5.25 Å². The predicted octanol–water partition coefficient (Wildman–Crippen LogP) is 4.17. The summed E-state index contributed by atoms with van der Waals surface area (Å²) in [4.78, 5) is 0. The van der Waals surface area contributed by atoms with Crippen LogP contribution < -0.4 is 5.73 Å². The van der Waals surface area contributed by atoms with E-state index in [0.717, 1.165) is 12.2 Å². The second kappa shape index (κ2) is 7.78. The van der Waals surface area contributed by atoms with Gasteiger partial charge in [-0.1, -0.05) is 51.5 Å². The highest BCUT2D eigenvalue weighted by molar-refractivity contribution is 7.99. The lowest BCUT2D eigenvalue weighted by Crippen LogP contribution is -2.14. The van der Waals surface area contributed by atoms with E-state index in [-0.39, 0.29) is 6.04 Å².